The Morgan fingerprint density at radius 1 is 1.10 bits per heavy atom. The van der Waals surface area contributed by atoms with E-state index < -0.39 is 0 Å². The van der Waals surface area contributed by atoms with Gasteiger partial charge in [-0.1, -0.05) is 32.9 Å². The van der Waals surface area contributed by atoms with Crippen molar-refractivity contribution < 1.29 is 9.59 Å². The van der Waals surface area contributed by atoms with Gasteiger partial charge >= 0.3 is 0 Å². The fourth-order valence-electron chi connectivity index (χ4n) is 3.23. The number of nitrogens with one attached hydrogen (secondary N) is 1. The number of piperidine rings is 1. The van der Waals surface area contributed by atoms with Gasteiger partial charge in [0.15, 0.2) is 0 Å². The maximum Gasteiger partial charge on any atom is 0.238 e. The molecule has 1 saturated heterocycles. The molecule has 20 heavy (non-hydrogen) atoms. The zero-order valence-electron chi connectivity index (χ0n) is 12.1. The molecule has 1 aliphatic carbocycles. The summed E-state index contributed by atoms with van der Waals surface area (Å²) in [5, 5.41) is 3.25. The lowest BCUT2D eigenvalue weighted by Gasteiger charge is -2.20. The first-order valence-corrected chi connectivity index (χ1v) is 7.16. The standard InChI is InChI=1S/C16H20N2O2/c1-4-17-9-10-5-7-11(8-6-10)18-14(19)12-13(15(18)20)16(12,2)3/h5-8,12-13,17H,4,9H2,1-3H3. The summed E-state index contributed by atoms with van der Waals surface area (Å²) >= 11 is 0. The van der Waals surface area contributed by atoms with E-state index in [1.54, 1.807) is 0 Å². The number of hydrogen-bond donors (Lipinski definition) is 1. The Morgan fingerprint density at radius 2 is 1.65 bits per heavy atom. The third-order valence-electron chi connectivity index (χ3n) is 4.57. The summed E-state index contributed by atoms with van der Waals surface area (Å²) in [6.45, 7) is 7.77. The van der Waals surface area contributed by atoms with Gasteiger partial charge in [0.2, 0.25) is 11.8 Å². The minimum absolute atomic E-state index is 0.0376. The Kier molecular flexibility index (Phi) is 2.94. The summed E-state index contributed by atoms with van der Waals surface area (Å²) in [7, 11) is 0. The van der Waals surface area contributed by atoms with Gasteiger partial charge < -0.3 is 5.32 Å². The second-order valence-corrected chi connectivity index (χ2v) is 6.24. The van der Waals surface area contributed by atoms with Crippen molar-refractivity contribution in [2.75, 3.05) is 11.4 Å². The molecule has 0 bridgehead atoms. The number of anilines is 1. The number of imide groups is 1. The number of hydrogen-bond acceptors (Lipinski definition) is 3. The molecule has 1 aromatic rings. The highest BCUT2D eigenvalue weighted by atomic mass is 16.2. The maximum atomic E-state index is 12.3. The van der Waals surface area contributed by atoms with Crippen LogP contribution in [-0.4, -0.2) is 18.4 Å². The molecule has 0 aromatic heterocycles. The van der Waals surface area contributed by atoms with Crippen LogP contribution >= 0.6 is 0 Å². The maximum absolute atomic E-state index is 12.3. The number of benzene rings is 1. The van der Waals surface area contributed by atoms with Gasteiger partial charge in [0.25, 0.3) is 0 Å². The van der Waals surface area contributed by atoms with Gasteiger partial charge in [-0.25, -0.2) is 0 Å². The Balaban J connectivity index is 1.78. The van der Waals surface area contributed by atoms with Crippen molar-refractivity contribution in [1.29, 1.82) is 0 Å². The van der Waals surface area contributed by atoms with Crippen molar-refractivity contribution in [1.82, 2.24) is 5.32 Å². The van der Waals surface area contributed by atoms with Crippen LogP contribution < -0.4 is 10.2 Å². The summed E-state index contributed by atoms with van der Waals surface area (Å²) in [6, 6.07) is 7.65. The predicted octanol–water partition coefficient (Wildman–Crippen LogP) is 1.94. The van der Waals surface area contributed by atoms with Gasteiger partial charge in [0, 0.05) is 6.54 Å². The molecule has 2 aliphatic rings. The van der Waals surface area contributed by atoms with E-state index in [9.17, 15) is 9.59 Å². The Morgan fingerprint density at radius 3 is 2.15 bits per heavy atom. The first-order chi connectivity index (χ1) is 9.48. The van der Waals surface area contributed by atoms with E-state index in [0.717, 1.165) is 18.7 Å². The quantitative estimate of drug-likeness (QED) is 0.852. The van der Waals surface area contributed by atoms with Gasteiger partial charge in [-0.05, 0) is 29.7 Å². The molecule has 4 nitrogen and oxygen atoms in total. The van der Waals surface area contributed by atoms with Crippen LogP contribution in [0.5, 0.6) is 0 Å². The van der Waals surface area contributed by atoms with Gasteiger partial charge in [-0.15, -0.1) is 0 Å². The highest BCUT2D eigenvalue weighted by molar-refractivity contribution is 6.25. The molecule has 0 spiro atoms. The van der Waals surface area contributed by atoms with Crippen LogP contribution in [0.3, 0.4) is 0 Å². The molecule has 2 fully saturated rings. The molecular weight excluding hydrogens is 252 g/mol. The van der Waals surface area contributed by atoms with Crippen molar-refractivity contribution >= 4 is 17.5 Å². The predicted molar refractivity (Wildman–Crippen MR) is 77.1 cm³/mol. The van der Waals surface area contributed by atoms with Crippen molar-refractivity contribution in [3.63, 3.8) is 0 Å². The lowest BCUT2D eigenvalue weighted by Crippen LogP contribution is -2.36. The zero-order valence-corrected chi connectivity index (χ0v) is 12.1. The number of nitrogens with zero attached hydrogens (tertiary/aromatic N) is 1. The number of carbonyl (C=O) groups excluding carboxylic acids is 2. The van der Waals surface area contributed by atoms with Crippen molar-refractivity contribution in [2.24, 2.45) is 17.3 Å². The summed E-state index contributed by atoms with van der Waals surface area (Å²) in [6.07, 6.45) is 0. The smallest absolute Gasteiger partial charge is 0.238 e. The van der Waals surface area contributed by atoms with Crippen molar-refractivity contribution in [2.45, 2.75) is 27.3 Å². The zero-order chi connectivity index (χ0) is 14.5. The highest BCUT2D eigenvalue weighted by Gasteiger charge is 2.72. The fraction of sp³-hybridized carbons (Fsp3) is 0.500. The number of rotatable bonds is 4. The molecule has 1 aliphatic heterocycles. The van der Waals surface area contributed by atoms with Gasteiger partial charge in [-0.2, -0.15) is 0 Å². The molecule has 106 valence electrons. The fourth-order valence-corrected chi connectivity index (χ4v) is 3.23. The van der Waals surface area contributed by atoms with E-state index in [0.29, 0.717) is 5.69 Å². The molecule has 2 unspecified atom stereocenters. The van der Waals surface area contributed by atoms with Crippen LogP contribution in [0.25, 0.3) is 0 Å². The molecule has 1 N–H and O–H groups in total. The molecule has 1 saturated carbocycles. The van der Waals surface area contributed by atoms with E-state index in [4.69, 9.17) is 0 Å². The molecule has 1 aromatic carbocycles. The number of carbonyl (C=O) groups is 2. The topological polar surface area (TPSA) is 49.4 Å². The molecule has 1 heterocycles. The molecular formula is C16H20N2O2. The molecule has 0 radical (unpaired) electrons. The normalized spacial score (nSPS) is 26.9. The molecule has 2 atom stereocenters. The van der Waals surface area contributed by atoms with Crippen LogP contribution in [0.15, 0.2) is 24.3 Å². The number of fused-ring (bicyclic) bond motifs is 1. The van der Waals surface area contributed by atoms with E-state index in [1.165, 1.54) is 4.90 Å². The summed E-state index contributed by atoms with van der Waals surface area (Å²) in [5.74, 6) is -0.304. The molecule has 4 heteroatoms. The van der Waals surface area contributed by atoms with Gasteiger partial charge in [0.1, 0.15) is 0 Å². The average molecular weight is 272 g/mol. The molecule has 2 amide bonds. The van der Waals surface area contributed by atoms with E-state index in [2.05, 4.69) is 12.2 Å². The third-order valence-corrected chi connectivity index (χ3v) is 4.57. The summed E-state index contributed by atoms with van der Waals surface area (Å²) in [4.78, 5) is 26.0. The Bertz CT molecular complexity index is 538. The van der Waals surface area contributed by atoms with Gasteiger partial charge in [0.05, 0.1) is 17.5 Å². The lowest BCUT2D eigenvalue weighted by molar-refractivity contribution is -0.125. The minimum atomic E-state index is -0.143. The Labute approximate surface area is 119 Å². The van der Waals surface area contributed by atoms with Crippen LogP contribution in [0, 0.1) is 17.3 Å². The van der Waals surface area contributed by atoms with Crippen LogP contribution in [0.4, 0.5) is 5.69 Å². The highest BCUT2D eigenvalue weighted by Crippen LogP contribution is 2.63. The second-order valence-electron chi connectivity index (χ2n) is 6.24. The molecule has 3 rings (SSSR count). The van der Waals surface area contributed by atoms with Crippen LogP contribution in [0.2, 0.25) is 0 Å². The first kappa shape index (κ1) is 13.3. The second kappa shape index (κ2) is 4.42. The Hall–Kier alpha value is -1.68. The third kappa shape index (κ3) is 1.79. The average Bonchev–Trinajstić information content (AvgIpc) is 2.88. The number of amides is 2. The summed E-state index contributed by atoms with van der Waals surface area (Å²) < 4.78 is 0. The lowest BCUT2D eigenvalue weighted by atomic mass is 10.0. The van der Waals surface area contributed by atoms with Crippen molar-refractivity contribution in [3.8, 4) is 0 Å². The van der Waals surface area contributed by atoms with E-state index in [1.807, 2.05) is 38.1 Å². The van der Waals surface area contributed by atoms with Gasteiger partial charge in [-0.3, -0.25) is 14.5 Å². The SMILES string of the molecule is CCNCc1ccc(N2C(=O)C3C(C2=O)C3(C)C)cc1. The van der Waals surface area contributed by atoms with E-state index in [-0.39, 0.29) is 29.1 Å². The first-order valence-electron chi connectivity index (χ1n) is 7.16. The van der Waals surface area contributed by atoms with Crippen molar-refractivity contribution in [3.05, 3.63) is 29.8 Å². The summed E-state index contributed by atoms with van der Waals surface area (Å²) in [5.41, 5.74) is 1.71. The van der Waals surface area contributed by atoms with Crippen LogP contribution in [-0.2, 0) is 16.1 Å². The van der Waals surface area contributed by atoms with Crippen LogP contribution in [0.1, 0.15) is 26.3 Å². The monoisotopic (exact) mass is 272 g/mol. The minimum Gasteiger partial charge on any atom is -0.313 e. The van der Waals surface area contributed by atoms with E-state index >= 15 is 0 Å². The largest absolute Gasteiger partial charge is 0.313 e.